The van der Waals surface area contributed by atoms with E-state index >= 15 is 0 Å². The number of anilines is 1. The van der Waals surface area contributed by atoms with Crippen molar-refractivity contribution in [3.63, 3.8) is 0 Å². The van der Waals surface area contributed by atoms with Crippen molar-refractivity contribution in [1.82, 2.24) is 10.6 Å². The van der Waals surface area contributed by atoms with Gasteiger partial charge in [0.05, 0.1) is 12.0 Å². The fraction of sp³-hybridized carbons (Fsp3) is 0.174. The molecule has 0 spiro atoms. The maximum absolute atomic E-state index is 13.7. The average molecular weight is 420 g/mol. The molecular weight excluding hydrogens is 399 g/mol. The summed E-state index contributed by atoms with van der Waals surface area (Å²) in [6.07, 6.45) is 1.68. The van der Waals surface area contributed by atoms with Crippen molar-refractivity contribution in [2.75, 3.05) is 18.4 Å². The number of nitriles is 1. The van der Waals surface area contributed by atoms with Gasteiger partial charge >= 0.3 is 0 Å². The van der Waals surface area contributed by atoms with Gasteiger partial charge in [0, 0.05) is 19.5 Å². The number of amides is 2. The smallest absolute Gasteiger partial charge is 0.287 e. The van der Waals surface area contributed by atoms with E-state index < -0.39 is 17.8 Å². The van der Waals surface area contributed by atoms with Gasteiger partial charge in [-0.25, -0.2) is 4.39 Å². The van der Waals surface area contributed by atoms with E-state index in [0.29, 0.717) is 12.1 Å². The summed E-state index contributed by atoms with van der Waals surface area (Å²) in [5, 5.41) is 17.5. The highest BCUT2D eigenvalue weighted by molar-refractivity contribution is 5.95. The summed E-state index contributed by atoms with van der Waals surface area (Å²) in [6, 6.07) is 17.7. The van der Waals surface area contributed by atoms with Crippen molar-refractivity contribution in [3.05, 3.63) is 89.6 Å². The zero-order valence-corrected chi connectivity index (χ0v) is 16.6. The Balaban J connectivity index is 1.59. The molecule has 2 amide bonds. The van der Waals surface area contributed by atoms with Gasteiger partial charge in [-0.1, -0.05) is 36.4 Å². The molecule has 3 aromatic rings. The summed E-state index contributed by atoms with van der Waals surface area (Å²) in [5.74, 6) is -1.36. The molecule has 0 bridgehead atoms. The third-order valence-corrected chi connectivity index (χ3v) is 4.51. The molecule has 1 heterocycles. The van der Waals surface area contributed by atoms with Gasteiger partial charge in [0.1, 0.15) is 23.5 Å². The van der Waals surface area contributed by atoms with Gasteiger partial charge in [-0.15, -0.1) is 0 Å². The number of benzene rings is 2. The number of halogens is 1. The van der Waals surface area contributed by atoms with E-state index in [0.717, 1.165) is 5.56 Å². The number of furan rings is 1. The van der Waals surface area contributed by atoms with Gasteiger partial charge < -0.3 is 20.4 Å². The van der Waals surface area contributed by atoms with E-state index in [1.807, 2.05) is 36.4 Å². The van der Waals surface area contributed by atoms with E-state index in [1.54, 1.807) is 12.1 Å². The minimum absolute atomic E-state index is 0.0820. The number of nitrogens with zero attached hydrogens (tertiary/aromatic N) is 1. The van der Waals surface area contributed by atoms with Gasteiger partial charge in [-0.2, -0.15) is 5.26 Å². The number of rotatable bonds is 9. The second-order valence-electron chi connectivity index (χ2n) is 6.69. The second-order valence-corrected chi connectivity index (χ2v) is 6.69. The molecule has 8 heteroatoms. The van der Waals surface area contributed by atoms with Crippen molar-refractivity contribution in [1.29, 1.82) is 5.26 Å². The summed E-state index contributed by atoms with van der Waals surface area (Å²) in [5.41, 5.74) is 1.16. The van der Waals surface area contributed by atoms with Crippen LogP contribution in [-0.4, -0.2) is 30.9 Å². The van der Waals surface area contributed by atoms with Crippen LogP contribution in [0.15, 0.2) is 71.3 Å². The molecule has 0 saturated carbocycles. The molecule has 0 saturated heterocycles. The lowest BCUT2D eigenvalue weighted by Crippen LogP contribution is -2.48. The lowest BCUT2D eigenvalue weighted by molar-refractivity contribution is -0.122. The second kappa shape index (κ2) is 10.6. The molecule has 0 fully saturated rings. The first-order chi connectivity index (χ1) is 15.1. The van der Waals surface area contributed by atoms with Crippen LogP contribution in [0.2, 0.25) is 0 Å². The molecular formula is C23H21FN4O3. The van der Waals surface area contributed by atoms with Crippen molar-refractivity contribution in [2.24, 2.45) is 0 Å². The molecule has 3 rings (SSSR count). The summed E-state index contributed by atoms with van der Waals surface area (Å²) < 4.78 is 18.8. The van der Waals surface area contributed by atoms with E-state index in [1.165, 1.54) is 24.5 Å². The first kappa shape index (κ1) is 21.6. The summed E-state index contributed by atoms with van der Waals surface area (Å²) in [6.45, 7) is 0.482. The monoisotopic (exact) mass is 420 g/mol. The zero-order chi connectivity index (χ0) is 22.1. The Morgan fingerprint density at radius 2 is 1.84 bits per heavy atom. The van der Waals surface area contributed by atoms with Gasteiger partial charge in [-0.05, 0) is 29.8 Å². The van der Waals surface area contributed by atoms with E-state index in [-0.39, 0.29) is 30.3 Å². The lowest BCUT2D eigenvalue weighted by Gasteiger charge is -2.18. The third-order valence-electron chi connectivity index (χ3n) is 4.51. The van der Waals surface area contributed by atoms with Crippen LogP contribution in [0.4, 0.5) is 10.1 Å². The van der Waals surface area contributed by atoms with Gasteiger partial charge in [-0.3, -0.25) is 9.59 Å². The van der Waals surface area contributed by atoms with Gasteiger partial charge in [0.2, 0.25) is 5.91 Å². The molecule has 0 radical (unpaired) electrons. The average Bonchev–Trinajstić information content (AvgIpc) is 3.32. The minimum Gasteiger partial charge on any atom is -0.459 e. The first-order valence-corrected chi connectivity index (χ1v) is 9.67. The molecule has 2 aromatic carbocycles. The molecule has 7 nitrogen and oxygen atoms in total. The molecule has 1 aromatic heterocycles. The Hall–Kier alpha value is -4.12. The number of carbonyl (C=O) groups is 2. The summed E-state index contributed by atoms with van der Waals surface area (Å²) >= 11 is 0. The molecule has 31 heavy (non-hydrogen) atoms. The van der Waals surface area contributed by atoms with Gasteiger partial charge in [0.15, 0.2) is 5.76 Å². The molecule has 0 aliphatic rings. The topological polar surface area (TPSA) is 107 Å². The molecule has 1 atom stereocenters. The fourth-order valence-electron chi connectivity index (χ4n) is 2.99. The largest absolute Gasteiger partial charge is 0.459 e. The maximum atomic E-state index is 13.7. The Kier molecular flexibility index (Phi) is 7.38. The van der Waals surface area contributed by atoms with Crippen molar-refractivity contribution in [3.8, 4) is 6.07 Å². The third kappa shape index (κ3) is 5.93. The number of hydrogen-bond acceptors (Lipinski definition) is 5. The van der Waals surface area contributed by atoms with Crippen LogP contribution in [0.3, 0.4) is 0 Å². The van der Waals surface area contributed by atoms with Crippen LogP contribution in [-0.2, 0) is 11.2 Å². The maximum Gasteiger partial charge on any atom is 0.287 e. The van der Waals surface area contributed by atoms with E-state index in [9.17, 15) is 14.0 Å². The summed E-state index contributed by atoms with van der Waals surface area (Å²) in [4.78, 5) is 25.1. The van der Waals surface area contributed by atoms with Crippen LogP contribution < -0.4 is 16.0 Å². The first-order valence-electron chi connectivity index (χ1n) is 9.67. The van der Waals surface area contributed by atoms with Crippen molar-refractivity contribution in [2.45, 2.75) is 12.5 Å². The SMILES string of the molecule is N#Cc1c(F)cccc1NCCNC(=O)C(Cc1ccccc1)NC(=O)c1ccco1. The normalized spacial score (nSPS) is 11.2. The lowest BCUT2D eigenvalue weighted by atomic mass is 10.1. The summed E-state index contributed by atoms with van der Waals surface area (Å²) in [7, 11) is 0. The van der Waals surface area contributed by atoms with Crippen LogP contribution in [0, 0.1) is 17.1 Å². The van der Waals surface area contributed by atoms with Crippen LogP contribution >= 0.6 is 0 Å². The number of nitrogens with one attached hydrogen (secondary N) is 3. The highest BCUT2D eigenvalue weighted by Crippen LogP contribution is 2.17. The predicted molar refractivity (Wildman–Crippen MR) is 113 cm³/mol. The highest BCUT2D eigenvalue weighted by atomic mass is 19.1. The van der Waals surface area contributed by atoms with Crippen LogP contribution in [0.5, 0.6) is 0 Å². The Labute approximate surface area is 178 Å². The Morgan fingerprint density at radius 3 is 2.55 bits per heavy atom. The van der Waals surface area contributed by atoms with E-state index in [2.05, 4.69) is 16.0 Å². The molecule has 158 valence electrons. The molecule has 0 aliphatic carbocycles. The fourth-order valence-corrected chi connectivity index (χ4v) is 2.99. The molecule has 3 N–H and O–H groups in total. The number of hydrogen-bond donors (Lipinski definition) is 3. The Bertz CT molecular complexity index is 1060. The minimum atomic E-state index is -0.816. The quantitative estimate of drug-likeness (QED) is 0.462. The van der Waals surface area contributed by atoms with Crippen LogP contribution in [0.1, 0.15) is 21.7 Å². The zero-order valence-electron chi connectivity index (χ0n) is 16.6. The molecule has 0 aliphatic heterocycles. The van der Waals surface area contributed by atoms with E-state index in [4.69, 9.17) is 9.68 Å². The predicted octanol–water partition coefficient (Wildman–Crippen LogP) is 2.86. The van der Waals surface area contributed by atoms with Gasteiger partial charge in [0.25, 0.3) is 5.91 Å². The Morgan fingerprint density at radius 1 is 1.03 bits per heavy atom. The standard InChI is InChI=1S/C23H21FN4O3/c24-18-8-4-9-19(17(18)15-25)26-11-12-27-22(29)20(14-16-6-2-1-3-7-16)28-23(30)21-10-5-13-31-21/h1-10,13,20,26H,11-12,14H2,(H,27,29)(H,28,30). The van der Waals surface area contributed by atoms with Crippen molar-refractivity contribution >= 4 is 17.5 Å². The highest BCUT2D eigenvalue weighted by Gasteiger charge is 2.22. The van der Waals surface area contributed by atoms with Crippen molar-refractivity contribution < 1.29 is 18.4 Å². The number of carbonyl (C=O) groups excluding carboxylic acids is 2. The molecule has 1 unspecified atom stereocenters. The van der Waals surface area contributed by atoms with Crippen LogP contribution in [0.25, 0.3) is 0 Å².